The number of carbonyl (C=O) groups is 2. The third-order valence-corrected chi connectivity index (χ3v) is 4.66. The van der Waals surface area contributed by atoms with E-state index in [1.165, 1.54) is 25.7 Å². The van der Waals surface area contributed by atoms with Crippen LogP contribution in [0, 0.1) is 0 Å². The molecule has 0 aliphatic heterocycles. The Hall–Kier alpha value is -1.58. The Kier molecular flexibility index (Phi) is 11.7. The summed E-state index contributed by atoms with van der Waals surface area (Å²) in [5, 5.41) is 6.09. The van der Waals surface area contributed by atoms with E-state index in [0.29, 0.717) is 0 Å². The fourth-order valence-electron chi connectivity index (χ4n) is 3.17. The molecule has 4 heteroatoms. The fourth-order valence-corrected chi connectivity index (χ4v) is 3.17. The lowest BCUT2D eigenvalue weighted by molar-refractivity contribution is -0.119. The highest BCUT2D eigenvalue weighted by atomic mass is 16.2. The molecule has 0 heterocycles. The Morgan fingerprint density at radius 3 is 1.64 bits per heavy atom. The van der Waals surface area contributed by atoms with Gasteiger partial charge in [0.1, 0.15) is 0 Å². The van der Waals surface area contributed by atoms with Crippen LogP contribution in [0.4, 0.5) is 0 Å². The second kappa shape index (κ2) is 13.7. The molecule has 2 amide bonds. The summed E-state index contributed by atoms with van der Waals surface area (Å²) < 4.78 is 0. The predicted octanol–water partition coefficient (Wildman–Crippen LogP) is 4.41. The Bertz CT molecular complexity index is 403. The highest BCUT2D eigenvalue weighted by Crippen LogP contribution is 2.19. The van der Waals surface area contributed by atoms with Crippen molar-refractivity contribution in [3.63, 3.8) is 0 Å². The Morgan fingerprint density at radius 2 is 1.24 bits per heavy atom. The van der Waals surface area contributed by atoms with E-state index in [1.807, 2.05) is 12.2 Å². The number of amides is 2. The van der Waals surface area contributed by atoms with E-state index >= 15 is 0 Å². The van der Waals surface area contributed by atoms with Crippen molar-refractivity contribution < 1.29 is 9.59 Å². The van der Waals surface area contributed by atoms with Crippen LogP contribution in [0.2, 0.25) is 0 Å². The average molecular weight is 349 g/mol. The van der Waals surface area contributed by atoms with Crippen LogP contribution in [-0.2, 0) is 9.59 Å². The topological polar surface area (TPSA) is 58.2 Å². The molecule has 0 aromatic carbocycles. The monoisotopic (exact) mass is 348 g/mol. The second-order valence-corrected chi connectivity index (χ2v) is 6.96. The molecule has 1 aliphatic rings. The van der Waals surface area contributed by atoms with Crippen LogP contribution in [0.25, 0.3) is 0 Å². The minimum Gasteiger partial charge on any atom is -0.348 e. The van der Waals surface area contributed by atoms with Gasteiger partial charge in [0, 0.05) is 12.1 Å². The molecule has 1 aliphatic carbocycles. The van der Waals surface area contributed by atoms with Crippen molar-refractivity contribution in [2.45, 2.75) is 96.6 Å². The van der Waals surface area contributed by atoms with Gasteiger partial charge in [0.25, 0.3) is 0 Å². The summed E-state index contributed by atoms with van der Waals surface area (Å²) in [6, 6.07) is 0.0930. The molecule has 25 heavy (non-hydrogen) atoms. The molecule has 0 spiro atoms. The van der Waals surface area contributed by atoms with Gasteiger partial charge in [-0.25, -0.2) is 0 Å². The highest BCUT2D eigenvalue weighted by Gasteiger charge is 2.28. The van der Waals surface area contributed by atoms with E-state index in [0.717, 1.165) is 44.9 Å². The number of allylic oxidation sites excluding steroid dienone is 2. The number of nitrogens with one attached hydrogen (secondary N) is 2. The molecule has 4 nitrogen and oxygen atoms in total. The zero-order valence-electron chi connectivity index (χ0n) is 16.1. The lowest BCUT2D eigenvalue weighted by atomic mass is 10.1. The Labute approximate surface area is 153 Å². The van der Waals surface area contributed by atoms with E-state index < -0.39 is 0 Å². The van der Waals surface area contributed by atoms with Gasteiger partial charge in [-0.05, 0) is 57.1 Å². The molecule has 1 fully saturated rings. The lowest BCUT2D eigenvalue weighted by Gasteiger charge is -2.21. The average Bonchev–Trinajstić information content (AvgIpc) is 3.01. The number of hydrogen-bond donors (Lipinski definition) is 2. The van der Waals surface area contributed by atoms with Gasteiger partial charge in [-0.1, -0.05) is 51.7 Å². The number of hydrogen-bond acceptors (Lipinski definition) is 2. The maximum Gasteiger partial charge on any atom is 0.243 e. The van der Waals surface area contributed by atoms with E-state index in [4.69, 9.17) is 0 Å². The lowest BCUT2D eigenvalue weighted by Crippen LogP contribution is -2.47. The first-order valence-electron chi connectivity index (χ1n) is 10.1. The SMILES string of the molecule is CCCCCC=CC(=O)NC1CCCC1NC(=O)C=CCCCCC. The smallest absolute Gasteiger partial charge is 0.243 e. The van der Waals surface area contributed by atoms with Gasteiger partial charge < -0.3 is 10.6 Å². The van der Waals surface area contributed by atoms with E-state index in [1.54, 1.807) is 12.2 Å². The largest absolute Gasteiger partial charge is 0.348 e. The summed E-state index contributed by atoms with van der Waals surface area (Å²) in [5.41, 5.74) is 0. The maximum atomic E-state index is 12.0. The zero-order valence-corrected chi connectivity index (χ0v) is 16.1. The zero-order chi connectivity index (χ0) is 18.3. The van der Waals surface area contributed by atoms with Crippen LogP contribution < -0.4 is 10.6 Å². The molecule has 2 unspecified atom stereocenters. The van der Waals surface area contributed by atoms with Gasteiger partial charge in [0.05, 0.1) is 0 Å². The quantitative estimate of drug-likeness (QED) is 0.405. The van der Waals surface area contributed by atoms with Crippen LogP contribution in [-0.4, -0.2) is 23.9 Å². The first-order valence-corrected chi connectivity index (χ1v) is 10.1. The van der Waals surface area contributed by atoms with Gasteiger partial charge in [-0.3, -0.25) is 9.59 Å². The normalized spacial score (nSPS) is 20.4. The molecule has 0 aromatic heterocycles. The van der Waals surface area contributed by atoms with Crippen molar-refractivity contribution in [2.75, 3.05) is 0 Å². The molecule has 142 valence electrons. The van der Waals surface area contributed by atoms with Crippen LogP contribution in [0.5, 0.6) is 0 Å². The van der Waals surface area contributed by atoms with Crippen molar-refractivity contribution >= 4 is 11.8 Å². The Morgan fingerprint density at radius 1 is 0.800 bits per heavy atom. The van der Waals surface area contributed by atoms with Gasteiger partial charge in [0.15, 0.2) is 0 Å². The summed E-state index contributed by atoms with van der Waals surface area (Å²) in [6.07, 6.45) is 19.0. The molecule has 2 N–H and O–H groups in total. The molecule has 0 saturated heterocycles. The van der Waals surface area contributed by atoms with Crippen molar-refractivity contribution in [2.24, 2.45) is 0 Å². The third kappa shape index (κ3) is 10.1. The fraction of sp³-hybridized carbons (Fsp3) is 0.714. The highest BCUT2D eigenvalue weighted by molar-refractivity contribution is 5.89. The summed E-state index contributed by atoms with van der Waals surface area (Å²) in [6.45, 7) is 4.34. The van der Waals surface area contributed by atoms with Crippen molar-refractivity contribution in [3.05, 3.63) is 24.3 Å². The van der Waals surface area contributed by atoms with Gasteiger partial charge in [0.2, 0.25) is 11.8 Å². The van der Waals surface area contributed by atoms with E-state index in [-0.39, 0.29) is 23.9 Å². The Balaban J connectivity index is 2.30. The number of unbranched alkanes of at least 4 members (excludes halogenated alkanes) is 6. The standard InChI is InChI=1S/C21H36N2O2/c1-3-5-7-9-11-16-20(24)22-18-14-13-15-19(18)23-21(25)17-12-10-8-6-4-2/h11-12,16-19H,3-10,13-15H2,1-2H3,(H,22,24)(H,23,25). The summed E-state index contributed by atoms with van der Waals surface area (Å²) in [4.78, 5) is 24.0. The van der Waals surface area contributed by atoms with Crippen molar-refractivity contribution in [1.82, 2.24) is 10.6 Å². The summed E-state index contributed by atoms with van der Waals surface area (Å²) >= 11 is 0. The molecule has 1 saturated carbocycles. The predicted molar refractivity (Wildman–Crippen MR) is 104 cm³/mol. The van der Waals surface area contributed by atoms with Crippen LogP contribution in [0.3, 0.4) is 0 Å². The summed E-state index contributed by atoms with van der Waals surface area (Å²) in [7, 11) is 0. The molecular weight excluding hydrogens is 312 g/mol. The minimum atomic E-state index is -0.0437. The maximum absolute atomic E-state index is 12.0. The van der Waals surface area contributed by atoms with Gasteiger partial charge in [-0.2, -0.15) is 0 Å². The third-order valence-electron chi connectivity index (χ3n) is 4.66. The molecule has 2 atom stereocenters. The second-order valence-electron chi connectivity index (χ2n) is 6.96. The number of carbonyl (C=O) groups excluding carboxylic acids is 2. The van der Waals surface area contributed by atoms with Gasteiger partial charge in [-0.15, -0.1) is 0 Å². The summed E-state index contributed by atoms with van der Waals surface area (Å²) in [5.74, 6) is -0.0875. The van der Waals surface area contributed by atoms with Gasteiger partial charge >= 0.3 is 0 Å². The minimum absolute atomic E-state index is 0.0437. The van der Waals surface area contributed by atoms with Crippen LogP contribution in [0.15, 0.2) is 24.3 Å². The first kappa shape index (κ1) is 21.5. The number of rotatable bonds is 12. The first-order chi connectivity index (χ1) is 12.2. The molecular formula is C21H36N2O2. The molecule has 0 aromatic rings. The van der Waals surface area contributed by atoms with E-state index in [2.05, 4.69) is 24.5 Å². The molecule has 0 bridgehead atoms. The van der Waals surface area contributed by atoms with E-state index in [9.17, 15) is 9.59 Å². The molecule has 1 rings (SSSR count). The van der Waals surface area contributed by atoms with Crippen LogP contribution in [0.1, 0.15) is 84.5 Å². The van der Waals surface area contributed by atoms with Crippen LogP contribution >= 0.6 is 0 Å². The van der Waals surface area contributed by atoms with Crippen molar-refractivity contribution in [1.29, 1.82) is 0 Å². The van der Waals surface area contributed by atoms with Crippen molar-refractivity contribution in [3.8, 4) is 0 Å². The molecule has 0 radical (unpaired) electrons.